The molecular weight excluding hydrogens is 403 g/mol. The SMILES string of the molecule is O=C(N[C@@H]1CCCc2ccccc21)C1CCN(c2ccc(-c3ccc(F)cc3)nn2)CC1. The van der Waals surface area contributed by atoms with Crippen molar-refractivity contribution in [2.45, 2.75) is 38.1 Å². The van der Waals surface area contributed by atoms with E-state index in [1.807, 2.05) is 12.1 Å². The van der Waals surface area contributed by atoms with E-state index in [1.165, 1.54) is 23.3 Å². The zero-order chi connectivity index (χ0) is 21.9. The number of benzene rings is 2. The first-order valence-corrected chi connectivity index (χ1v) is 11.4. The molecule has 0 radical (unpaired) electrons. The van der Waals surface area contributed by atoms with Gasteiger partial charge < -0.3 is 10.2 Å². The first kappa shape index (κ1) is 20.6. The van der Waals surface area contributed by atoms with Crippen molar-refractivity contribution >= 4 is 11.7 Å². The fraction of sp³-hybridized carbons (Fsp3) is 0.346. The molecule has 1 aromatic heterocycles. The maximum atomic E-state index is 13.1. The van der Waals surface area contributed by atoms with Crippen LogP contribution in [0.3, 0.4) is 0 Å². The number of aryl methyl sites for hydroxylation is 1. The standard InChI is InChI=1S/C26H27FN4O/c27-21-10-8-19(9-11-21)23-12-13-25(30-29-23)31-16-14-20(15-17-31)26(32)28-24-7-3-5-18-4-1-2-6-22(18)24/h1-2,4,6,8-13,20,24H,3,5,7,14-17H2,(H,28,32)/t24-/m1/s1. The summed E-state index contributed by atoms with van der Waals surface area (Å²) >= 11 is 0. The van der Waals surface area contributed by atoms with Gasteiger partial charge in [0.1, 0.15) is 5.82 Å². The van der Waals surface area contributed by atoms with Gasteiger partial charge in [0.05, 0.1) is 11.7 Å². The smallest absolute Gasteiger partial charge is 0.223 e. The lowest BCUT2D eigenvalue weighted by molar-refractivity contribution is -0.126. The molecule has 0 spiro atoms. The van der Waals surface area contributed by atoms with Gasteiger partial charge >= 0.3 is 0 Å². The molecule has 0 bridgehead atoms. The molecule has 5 rings (SSSR count). The molecule has 1 fully saturated rings. The summed E-state index contributed by atoms with van der Waals surface area (Å²) in [6.45, 7) is 1.56. The van der Waals surface area contributed by atoms with Crippen molar-refractivity contribution in [2.24, 2.45) is 5.92 Å². The number of rotatable bonds is 4. The van der Waals surface area contributed by atoms with Gasteiger partial charge in [-0.1, -0.05) is 24.3 Å². The monoisotopic (exact) mass is 430 g/mol. The Morgan fingerprint density at radius 3 is 2.47 bits per heavy atom. The van der Waals surface area contributed by atoms with Gasteiger partial charge in [0.25, 0.3) is 0 Å². The van der Waals surface area contributed by atoms with Crippen molar-refractivity contribution in [1.29, 1.82) is 0 Å². The van der Waals surface area contributed by atoms with Crippen LogP contribution in [0.1, 0.15) is 42.9 Å². The Labute approximate surface area is 187 Å². The van der Waals surface area contributed by atoms with Crippen molar-refractivity contribution in [3.63, 3.8) is 0 Å². The van der Waals surface area contributed by atoms with E-state index in [1.54, 1.807) is 12.1 Å². The summed E-state index contributed by atoms with van der Waals surface area (Å²) in [5, 5.41) is 12.0. The number of carbonyl (C=O) groups is 1. The molecule has 1 aliphatic carbocycles. The highest BCUT2D eigenvalue weighted by molar-refractivity contribution is 5.79. The number of amides is 1. The van der Waals surface area contributed by atoms with E-state index in [2.05, 4.69) is 44.7 Å². The van der Waals surface area contributed by atoms with Crippen molar-refractivity contribution in [3.05, 3.63) is 77.6 Å². The molecule has 1 atom stereocenters. The fourth-order valence-corrected chi connectivity index (χ4v) is 4.83. The van der Waals surface area contributed by atoms with Crippen LogP contribution in [-0.2, 0) is 11.2 Å². The number of hydrogen-bond donors (Lipinski definition) is 1. The molecular formula is C26H27FN4O. The van der Waals surface area contributed by atoms with Gasteiger partial charge in [0.2, 0.25) is 5.91 Å². The summed E-state index contributed by atoms with van der Waals surface area (Å²) in [4.78, 5) is 15.1. The molecule has 32 heavy (non-hydrogen) atoms. The van der Waals surface area contributed by atoms with Crippen LogP contribution in [0.2, 0.25) is 0 Å². The summed E-state index contributed by atoms with van der Waals surface area (Å²) < 4.78 is 13.1. The third-order valence-electron chi connectivity index (χ3n) is 6.67. The van der Waals surface area contributed by atoms with Crippen LogP contribution in [-0.4, -0.2) is 29.2 Å². The largest absolute Gasteiger partial charge is 0.355 e. The van der Waals surface area contributed by atoms with Gasteiger partial charge in [-0.3, -0.25) is 4.79 Å². The molecule has 1 amide bonds. The van der Waals surface area contributed by atoms with Crippen LogP contribution in [0, 0.1) is 11.7 Å². The predicted molar refractivity (Wildman–Crippen MR) is 123 cm³/mol. The number of nitrogens with one attached hydrogen (secondary N) is 1. The highest BCUT2D eigenvalue weighted by Gasteiger charge is 2.29. The van der Waals surface area contributed by atoms with Crippen molar-refractivity contribution < 1.29 is 9.18 Å². The Bertz CT molecular complexity index is 1080. The van der Waals surface area contributed by atoms with E-state index in [0.29, 0.717) is 0 Å². The molecule has 5 nitrogen and oxygen atoms in total. The van der Waals surface area contributed by atoms with E-state index in [4.69, 9.17) is 0 Å². The van der Waals surface area contributed by atoms with E-state index < -0.39 is 0 Å². The van der Waals surface area contributed by atoms with Crippen molar-refractivity contribution in [3.8, 4) is 11.3 Å². The van der Waals surface area contributed by atoms with Gasteiger partial charge in [-0.15, -0.1) is 10.2 Å². The van der Waals surface area contributed by atoms with Crippen LogP contribution >= 0.6 is 0 Å². The van der Waals surface area contributed by atoms with Gasteiger partial charge in [-0.2, -0.15) is 0 Å². The Morgan fingerprint density at radius 2 is 1.72 bits per heavy atom. The van der Waals surface area contributed by atoms with Gasteiger partial charge in [-0.25, -0.2) is 4.39 Å². The number of anilines is 1. The lowest BCUT2D eigenvalue weighted by Crippen LogP contribution is -2.42. The van der Waals surface area contributed by atoms with Crippen molar-refractivity contribution in [1.82, 2.24) is 15.5 Å². The van der Waals surface area contributed by atoms with Crippen LogP contribution in [0.25, 0.3) is 11.3 Å². The number of carbonyl (C=O) groups excluding carboxylic acids is 1. The zero-order valence-corrected chi connectivity index (χ0v) is 18.0. The van der Waals surface area contributed by atoms with Crippen LogP contribution in [0.15, 0.2) is 60.7 Å². The lowest BCUT2D eigenvalue weighted by atomic mass is 9.87. The number of hydrogen-bond acceptors (Lipinski definition) is 4. The number of halogens is 1. The molecule has 2 aliphatic rings. The first-order valence-electron chi connectivity index (χ1n) is 11.4. The number of fused-ring (bicyclic) bond motifs is 1. The number of aromatic nitrogens is 2. The molecule has 1 saturated heterocycles. The third kappa shape index (κ3) is 4.35. The summed E-state index contributed by atoms with van der Waals surface area (Å²) in [6.07, 6.45) is 4.84. The fourth-order valence-electron chi connectivity index (χ4n) is 4.83. The Morgan fingerprint density at radius 1 is 0.938 bits per heavy atom. The maximum absolute atomic E-state index is 13.1. The highest BCUT2D eigenvalue weighted by atomic mass is 19.1. The quantitative estimate of drug-likeness (QED) is 0.652. The van der Waals surface area contributed by atoms with Crippen LogP contribution in [0.4, 0.5) is 10.2 Å². The van der Waals surface area contributed by atoms with Gasteiger partial charge in [0, 0.05) is 24.6 Å². The number of nitrogens with zero attached hydrogens (tertiary/aromatic N) is 3. The maximum Gasteiger partial charge on any atom is 0.223 e. The summed E-state index contributed by atoms with van der Waals surface area (Å²) in [5.41, 5.74) is 4.20. The second-order valence-electron chi connectivity index (χ2n) is 8.70. The Balaban J connectivity index is 1.17. The Kier molecular flexibility index (Phi) is 5.84. The molecule has 6 heteroatoms. The summed E-state index contributed by atoms with van der Waals surface area (Å²) in [5.74, 6) is 0.754. The predicted octanol–water partition coefficient (Wildman–Crippen LogP) is 4.69. The molecule has 0 saturated carbocycles. The minimum absolute atomic E-state index is 0.0341. The van der Waals surface area contributed by atoms with E-state index in [-0.39, 0.29) is 23.7 Å². The number of piperidine rings is 1. The van der Waals surface area contributed by atoms with Crippen molar-refractivity contribution in [2.75, 3.05) is 18.0 Å². The average Bonchev–Trinajstić information content (AvgIpc) is 2.85. The topological polar surface area (TPSA) is 58.1 Å². The normalized spacial score (nSPS) is 18.8. The van der Waals surface area contributed by atoms with Gasteiger partial charge in [0.15, 0.2) is 5.82 Å². The first-order chi connectivity index (χ1) is 15.7. The molecule has 1 N–H and O–H groups in total. The second-order valence-corrected chi connectivity index (χ2v) is 8.70. The van der Waals surface area contributed by atoms with Crippen LogP contribution in [0.5, 0.6) is 0 Å². The van der Waals surface area contributed by atoms with E-state index in [0.717, 1.165) is 62.3 Å². The molecule has 2 heterocycles. The molecule has 1 aliphatic heterocycles. The van der Waals surface area contributed by atoms with Crippen LogP contribution < -0.4 is 10.2 Å². The molecule has 0 unspecified atom stereocenters. The average molecular weight is 431 g/mol. The third-order valence-corrected chi connectivity index (χ3v) is 6.67. The minimum atomic E-state index is -0.266. The summed E-state index contributed by atoms with van der Waals surface area (Å²) in [6, 6.07) is 18.7. The zero-order valence-electron chi connectivity index (χ0n) is 18.0. The molecule has 164 valence electrons. The second kappa shape index (κ2) is 9.07. The highest BCUT2D eigenvalue weighted by Crippen LogP contribution is 2.31. The van der Waals surface area contributed by atoms with Gasteiger partial charge in [-0.05, 0) is 79.6 Å². The summed E-state index contributed by atoms with van der Waals surface area (Å²) in [7, 11) is 0. The van der Waals surface area contributed by atoms with E-state index in [9.17, 15) is 9.18 Å². The molecule has 3 aromatic rings. The van der Waals surface area contributed by atoms with E-state index >= 15 is 0 Å². The molecule has 2 aromatic carbocycles. The Hall–Kier alpha value is -3.28. The minimum Gasteiger partial charge on any atom is -0.355 e. The lowest BCUT2D eigenvalue weighted by Gasteiger charge is -2.33.